The molecule has 1 unspecified atom stereocenters. The van der Waals surface area contributed by atoms with Crippen LogP contribution in [0, 0.1) is 0 Å². The SMILES string of the molecule is CCCCCCc1nnc2n1CCNC2C. The first-order valence-corrected chi connectivity index (χ1v) is 6.48. The molecule has 1 aromatic rings. The zero-order valence-corrected chi connectivity index (χ0v) is 10.4. The minimum Gasteiger partial charge on any atom is -0.312 e. The Hall–Kier alpha value is -0.900. The number of unbranched alkanes of at least 4 members (excludes halogenated alkanes) is 3. The smallest absolute Gasteiger partial charge is 0.149 e. The normalized spacial score (nSPS) is 19.8. The van der Waals surface area contributed by atoms with E-state index in [1.807, 2.05) is 0 Å². The van der Waals surface area contributed by atoms with E-state index in [9.17, 15) is 0 Å². The molecule has 1 atom stereocenters. The topological polar surface area (TPSA) is 42.7 Å². The van der Waals surface area contributed by atoms with Gasteiger partial charge in [0, 0.05) is 19.5 Å². The molecule has 1 aliphatic rings. The molecule has 0 aromatic carbocycles. The number of hydrogen-bond donors (Lipinski definition) is 1. The van der Waals surface area contributed by atoms with Gasteiger partial charge >= 0.3 is 0 Å². The predicted octanol–water partition coefficient (Wildman–Crippen LogP) is 2.07. The average molecular weight is 222 g/mol. The number of nitrogens with zero attached hydrogens (tertiary/aromatic N) is 3. The number of rotatable bonds is 5. The van der Waals surface area contributed by atoms with Gasteiger partial charge in [0.25, 0.3) is 0 Å². The summed E-state index contributed by atoms with van der Waals surface area (Å²) in [5, 5.41) is 12.0. The molecular formula is C12H22N4. The van der Waals surface area contributed by atoms with Gasteiger partial charge in [0.15, 0.2) is 0 Å². The predicted molar refractivity (Wildman–Crippen MR) is 64.3 cm³/mol. The van der Waals surface area contributed by atoms with E-state index < -0.39 is 0 Å². The molecule has 4 heteroatoms. The first kappa shape index (κ1) is 11.6. The summed E-state index contributed by atoms with van der Waals surface area (Å²) in [6.45, 7) is 6.46. The maximum absolute atomic E-state index is 4.32. The highest BCUT2D eigenvalue weighted by Gasteiger charge is 2.20. The fourth-order valence-electron chi connectivity index (χ4n) is 2.29. The molecule has 0 saturated carbocycles. The van der Waals surface area contributed by atoms with Crippen molar-refractivity contribution in [1.82, 2.24) is 20.1 Å². The maximum Gasteiger partial charge on any atom is 0.149 e. The van der Waals surface area contributed by atoms with Crippen LogP contribution in [0.25, 0.3) is 0 Å². The van der Waals surface area contributed by atoms with Crippen LogP contribution in [0.3, 0.4) is 0 Å². The van der Waals surface area contributed by atoms with Gasteiger partial charge in [0.1, 0.15) is 11.6 Å². The monoisotopic (exact) mass is 222 g/mol. The average Bonchev–Trinajstić information content (AvgIpc) is 2.70. The second-order valence-electron chi connectivity index (χ2n) is 4.61. The number of hydrogen-bond acceptors (Lipinski definition) is 3. The van der Waals surface area contributed by atoms with Crippen molar-refractivity contribution in [3.05, 3.63) is 11.6 Å². The summed E-state index contributed by atoms with van der Waals surface area (Å²) in [5.74, 6) is 2.29. The van der Waals surface area contributed by atoms with E-state index in [-0.39, 0.29) is 0 Å². The van der Waals surface area contributed by atoms with Crippen molar-refractivity contribution in [2.24, 2.45) is 0 Å². The summed E-state index contributed by atoms with van der Waals surface area (Å²) < 4.78 is 2.30. The van der Waals surface area contributed by atoms with Crippen LogP contribution in [0.2, 0.25) is 0 Å². The Morgan fingerprint density at radius 3 is 3.00 bits per heavy atom. The van der Waals surface area contributed by atoms with Crippen LogP contribution in [-0.2, 0) is 13.0 Å². The van der Waals surface area contributed by atoms with Crippen LogP contribution in [0.15, 0.2) is 0 Å². The number of fused-ring (bicyclic) bond motifs is 1. The third kappa shape index (κ3) is 2.43. The molecule has 0 spiro atoms. The van der Waals surface area contributed by atoms with Crippen molar-refractivity contribution in [2.75, 3.05) is 6.54 Å². The lowest BCUT2D eigenvalue weighted by atomic mass is 10.1. The summed E-state index contributed by atoms with van der Waals surface area (Å²) in [6.07, 6.45) is 6.26. The summed E-state index contributed by atoms with van der Waals surface area (Å²) in [4.78, 5) is 0. The Morgan fingerprint density at radius 2 is 2.19 bits per heavy atom. The molecule has 90 valence electrons. The van der Waals surface area contributed by atoms with E-state index in [1.54, 1.807) is 0 Å². The number of aryl methyl sites for hydroxylation is 1. The quantitative estimate of drug-likeness (QED) is 0.775. The van der Waals surface area contributed by atoms with Gasteiger partial charge in [0.2, 0.25) is 0 Å². The van der Waals surface area contributed by atoms with Gasteiger partial charge in [-0.2, -0.15) is 0 Å². The second kappa shape index (κ2) is 5.43. The molecule has 1 N–H and O–H groups in total. The van der Waals surface area contributed by atoms with Crippen LogP contribution in [0.5, 0.6) is 0 Å². The highest BCUT2D eigenvalue weighted by Crippen LogP contribution is 2.16. The first-order valence-electron chi connectivity index (χ1n) is 6.48. The van der Waals surface area contributed by atoms with E-state index in [0.717, 1.165) is 25.3 Å². The van der Waals surface area contributed by atoms with E-state index in [0.29, 0.717) is 6.04 Å². The van der Waals surface area contributed by atoms with Crippen molar-refractivity contribution in [2.45, 2.75) is 58.5 Å². The van der Waals surface area contributed by atoms with Crippen LogP contribution < -0.4 is 5.32 Å². The van der Waals surface area contributed by atoms with Crippen LogP contribution >= 0.6 is 0 Å². The molecule has 2 rings (SSSR count). The minimum atomic E-state index is 0.352. The zero-order chi connectivity index (χ0) is 11.4. The molecule has 1 aromatic heterocycles. The Balaban J connectivity index is 1.95. The summed E-state index contributed by atoms with van der Waals surface area (Å²) in [5.41, 5.74) is 0. The Kier molecular flexibility index (Phi) is 3.93. The van der Waals surface area contributed by atoms with Gasteiger partial charge in [-0.25, -0.2) is 0 Å². The van der Waals surface area contributed by atoms with Gasteiger partial charge in [-0.3, -0.25) is 0 Å². The van der Waals surface area contributed by atoms with E-state index in [1.165, 1.54) is 31.5 Å². The lowest BCUT2D eigenvalue weighted by molar-refractivity contribution is 0.428. The lowest BCUT2D eigenvalue weighted by Crippen LogP contribution is -2.32. The highest BCUT2D eigenvalue weighted by atomic mass is 15.3. The van der Waals surface area contributed by atoms with Crippen molar-refractivity contribution < 1.29 is 0 Å². The van der Waals surface area contributed by atoms with Crippen molar-refractivity contribution in [3.63, 3.8) is 0 Å². The van der Waals surface area contributed by atoms with Gasteiger partial charge in [-0.1, -0.05) is 26.2 Å². The Morgan fingerprint density at radius 1 is 1.31 bits per heavy atom. The number of aromatic nitrogens is 3. The molecule has 16 heavy (non-hydrogen) atoms. The highest BCUT2D eigenvalue weighted by molar-refractivity contribution is 5.03. The molecule has 0 radical (unpaired) electrons. The van der Waals surface area contributed by atoms with Gasteiger partial charge in [-0.15, -0.1) is 10.2 Å². The van der Waals surface area contributed by atoms with Crippen LogP contribution in [0.1, 0.15) is 57.2 Å². The Labute approximate surface area is 97.5 Å². The summed E-state index contributed by atoms with van der Waals surface area (Å²) >= 11 is 0. The van der Waals surface area contributed by atoms with E-state index in [4.69, 9.17) is 0 Å². The molecule has 0 amide bonds. The molecule has 4 nitrogen and oxygen atoms in total. The Bertz CT molecular complexity index is 332. The summed E-state index contributed by atoms with van der Waals surface area (Å²) in [6, 6.07) is 0.352. The molecule has 0 fully saturated rings. The molecule has 0 bridgehead atoms. The summed E-state index contributed by atoms with van der Waals surface area (Å²) in [7, 11) is 0. The van der Waals surface area contributed by atoms with Crippen LogP contribution in [0.4, 0.5) is 0 Å². The first-order chi connectivity index (χ1) is 7.83. The molecule has 1 aliphatic heterocycles. The molecule has 0 saturated heterocycles. The molecule has 2 heterocycles. The van der Waals surface area contributed by atoms with E-state index in [2.05, 4.69) is 33.9 Å². The van der Waals surface area contributed by atoms with Gasteiger partial charge in [0.05, 0.1) is 6.04 Å². The molecular weight excluding hydrogens is 200 g/mol. The zero-order valence-electron chi connectivity index (χ0n) is 10.4. The number of nitrogens with one attached hydrogen (secondary N) is 1. The van der Waals surface area contributed by atoms with Crippen LogP contribution in [-0.4, -0.2) is 21.3 Å². The van der Waals surface area contributed by atoms with Crippen molar-refractivity contribution >= 4 is 0 Å². The van der Waals surface area contributed by atoms with Gasteiger partial charge < -0.3 is 9.88 Å². The third-order valence-electron chi connectivity index (χ3n) is 3.28. The van der Waals surface area contributed by atoms with Gasteiger partial charge in [-0.05, 0) is 13.3 Å². The van der Waals surface area contributed by atoms with Crippen molar-refractivity contribution in [1.29, 1.82) is 0 Å². The van der Waals surface area contributed by atoms with Crippen molar-refractivity contribution in [3.8, 4) is 0 Å². The standard InChI is InChI=1S/C12H22N4/c1-3-4-5-6-7-11-14-15-12-10(2)13-8-9-16(11)12/h10,13H,3-9H2,1-2H3. The fourth-order valence-corrected chi connectivity index (χ4v) is 2.29. The molecule has 0 aliphatic carbocycles. The second-order valence-corrected chi connectivity index (χ2v) is 4.61. The lowest BCUT2D eigenvalue weighted by Gasteiger charge is -2.21. The third-order valence-corrected chi connectivity index (χ3v) is 3.28. The maximum atomic E-state index is 4.32. The largest absolute Gasteiger partial charge is 0.312 e. The minimum absolute atomic E-state index is 0.352. The fraction of sp³-hybridized carbons (Fsp3) is 0.833. The van der Waals surface area contributed by atoms with E-state index >= 15 is 0 Å².